The number of carbonyl (C=O) groups excluding carboxylic acids is 2. The molecule has 0 unspecified atom stereocenters. The van der Waals surface area contributed by atoms with Gasteiger partial charge in [0.2, 0.25) is 0 Å². The molecular formula is C9H16N2O4. The van der Waals surface area contributed by atoms with Crippen molar-refractivity contribution in [2.75, 3.05) is 26.3 Å². The first kappa shape index (κ1) is 13.4. The molecule has 0 aliphatic heterocycles. The third-order valence-corrected chi connectivity index (χ3v) is 1.33. The van der Waals surface area contributed by atoms with Crippen molar-refractivity contribution in [3.8, 4) is 0 Å². The average molecular weight is 216 g/mol. The lowest BCUT2D eigenvalue weighted by Crippen LogP contribution is -2.23. The number of nitrogens with one attached hydrogen (secondary N) is 1. The Labute approximate surface area is 88.4 Å². The van der Waals surface area contributed by atoms with Crippen molar-refractivity contribution in [2.45, 2.75) is 6.92 Å². The van der Waals surface area contributed by atoms with Crippen LogP contribution in [-0.4, -0.2) is 38.4 Å². The molecule has 6 nitrogen and oxygen atoms in total. The molecule has 0 bridgehead atoms. The van der Waals surface area contributed by atoms with Gasteiger partial charge in [0.15, 0.2) is 0 Å². The van der Waals surface area contributed by atoms with Crippen molar-refractivity contribution in [2.24, 2.45) is 5.73 Å². The van der Waals surface area contributed by atoms with Crippen LogP contribution >= 0.6 is 0 Å². The van der Waals surface area contributed by atoms with Gasteiger partial charge in [-0.05, 0) is 6.92 Å². The first-order valence-electron chi connectivity index (χ1n) is 4.63. The maximum atomic E-state index is 10.8. The number of amides is 1. The Morgan fingerprint density at radius 1 is 1.40 bits per heavy atom. The minimum absolute atomic E-state index is 0.211. The number of primary amides is 1. The molecule has 86 valence electrons. The second-order valence-corrected chi connectivity index (χ2v) is 2.53. The molecule has 0 saturated heterocycles. The Bertz CT molecular complexity index is 228. The maximum Gasteiger partial charge on any atom is 0.404 e. The normalized spacial score (nSPS) is 10.2. The van der Waals surface area contributed by atoms with Crippen LogP contribution in [0.2, 0.25) is 0 Å². The van der Waals surface area contributed by atoms with Gasteiger partial charge in [0, 0.05) is 19.2 Å². The summed E-state index contributed by atoms with van der Waals surface area (Å²) in [7, 11) is 0. The van der Waals surface area contributed by atoms with Gasteiger partial charge in [0.1, 0.15) is 6.61 Å². The molecule has 0 radical (unpaired) electrons. The highest BCUT2D eigenvalue weighted by Crippen LogP contribution is 1.80. The van der Waals surface area contributed by atoms with Crippen LogP contribution in [0, 0.1) is 0 Å². The number of ether oxygens (including phenoxy) is 2. The number of nitrogens with two attached hydrogens (primary N) is 1. The summed E-state index contributed by atoms with van der Waals surface area (Å²) < 4.78 is 9.13. The molecule has 1 amide bonds. The zero-order valence-electron chi connectivity index (χ0n) is 8.69. The van der Waals surface area contributed by atoms with Crippen molar-refractivity contribution < 1.29 is 19.1 Å². The fourth-order valence-corrected chi connectivity index (χ4v) is 0.755. The first-order valence-corrected chi connectivity index (χ1v) is 4.63. The molecule has 0 spiro atoms. The van der Waals surface area contributed by atoms with E-state index in [9.17, 15) is 9.59 Å². The van der Waals surface area contributed by atoms with Crippen molar-refractivity contribution in [1.82, 2.24) is 5.32 Å². The summed E-state index contributed by atoms with van der Waals surface area (Å²) >= 11 is 0. The summed E-state index contributed by atoms with van der Waals surface area (Å²) in [6.07, 6.45) is 2.17. The van der Waals surface area contributed by atoms with E-state index in [4.69, 9.17) is 5.73 Å². The monoisotopic (exact) mass is 216 g/mol. The Kier molecular flexibility index (Phi) is 8.08. The van der Waals surface area contributed by atoms with Gasteiger partial charge in [-0.1, -0.05) is 6.08 Å². The van der Waals surface area contributed by atoms with Crippen LogP contribution in [0.5, 0.6) is 0 Å². The van der Waals surface area contributed by atoms with Crippen LogP contribution in [0.15, 0.2) is 12.2 Å². The van der Waals surface area contributed by atoms with Gasteiger partial charge in [-0.25, -0.2) is 9.59 Å². The molecule has 0 saturated carbocycles. The molecule has 0 aliphatic rings. The summed E-state index contributed by atoms with van der Waals surface area (Å²) in [6, 6.07) is 0. The first-order chi connectivity index (χ1) is 7.16. The quantitative estimate of drug-likeness (QED) is 0.349. The van der Waals surface area contributed by atoms with E-state index >= 15 is 0 Å². The van der Waals surface area contributed by atoms with Crippen LogP contribution < -0.4 is 11.1 Å². The Balaban J connectivity index is 3.30. The van der Waals surface area contributed by atoms with Crippen LogP contribution in [0.25, 0.3) is 0 Å². The van der Waals surface area contributed by atoms with E-state index in [2.05, 4.69) is 14.8 Å². The highest BCUT2D eigenvalue weighted by Gasteiger charge is 1.93. The predicted molar refractivity (Wildman–Crippen MR) is 54.2 cm³/mol. The average Bonchev–Trinajstić information content (AvgIpc) is 2.16. The molecule has 0 aromatic carbocycles. The van der Waals surface area contributed by atoms with Crippen molar-refractivity contribution in [1.29, 1.82) is 0 Å². The second-order valence-electron chi connectivity index (χ2n) is 2.53. The number of carbonyl (C=O) groups is 2. The molecule has 6 heteroatoms. The largest absolute Gasteiger partial charge is 0.463 e. The molecular weight excluding hydrogens is 200 g/mol. The lowest BCUT2D eigenvalue weighted by atomic mass is 10.5. The summed E-state index contributed by atoms with van der Waals surface area (Å²) in [4.78, 5) is 20.9. The lowest BCUT2D eigenvalue weighted by molar-refractivity contribution is -0.137. The summed E-state index contributed by atoms with van der Waals surface area (Å²) in [5, 5.41) is 2.91. The minimum atomic E-state index is -0.793. The van der Waals surface area contributed by atoms with E-state index in [-0.39, 0.29) is 12.6 Å². The lowest BCUT2D eigenvalue weighted by Gasteiger charge is -2.01. The third-order valence-electron chi connectivity index (χ3n) is 1.33. The zero-order chi connectivity index (χ0) is 11.5. The topological polar surface area (TPSA) is 90.7 Å². The Morgan fingerprint density at radius 2 is 2.13 bits per heavy atom. The smallest absolute Gasteiger partial charge is 0.404 e. The molecule has 0 atom stereocenters. The van der Waals surface area contributed by atoms with Gasteiger partial charge < -0.3 is 20.5 Å². The fourth-order valence-electron chi connectivity index (χ4n) is 0.755. The van der Waals surface area contributed by atoms with Gasteiger partial charge in [0.25, 0.3) is 0 Å². The number of esters is 1. The molecule has 0 fully saturated rings. The number of hydrogen-bond acceptors (Lipinski definition) is 5. The molecule has 15 heavy (non-hydrogen) atoms. The summed E-state index contributed by atoms with van der Waals surface area (Å²) in [5.74, 6) is -0.368. The van der Waals surface area contributed by atoms with Gasteiger partial charge in [-0.3, -0.25) is 0 Å². The fraction of sp³-hybridized carbons (Fsp3) is 0.556. The van der Waals surface area contributed by atoms with E-state index in [1.165, 1.54) is 6.08 Å². The second kappa shape index (κ2) is 9.01. The van der Waals surface area contributed by atoms with Crippen LogP contribution in [0.4, 0.5) is 4.79 Å². The molecule has 0 aliphatic carbocycles. The third kappa shape index (κ3) is 10.4. The Hall–Kier alpha value is -1.56. The highest BCUT2D eigenvalue weighted by atomic mass is 16.5. The van der Waals surface area contributed by atoms with E-state index < -0.39 is 6.09 Å². The van der Waals surface area contributed by atoms with E-state index in [1.807, 2.05) is 0 Å². The SMILES string of the molecule is CCOC(=O)/C=C/CNCCOC(N)=O. The van der Waals surface area contributed by atoms with Crippen molar-refractivity contribution in [3.05, 3.63) is 12.2 Å². The van der Waals surface area contributed by atoms with Crippen LogP contribution in [0.3, 0.4) is 0 Å². The maximum absolute atomic E-state index is 10.8. The van der Waals surface area contributed by atoms with Crippen molar-refractivity contribution in [3.63, 3.8) is 0 Å². The molecule has 0 aromatic rings. The molecule has 0 rings (SSSR count). The highest BCUT2D eigenvalue weighted by molar-refractivity contribution is 5.81. The van der Waals surface area contributed by atoms with Gasteiger partial charge >= 0.3 is 12.1 Å². The van der Waals surface area contributed by atoms with Gasteiger partial charge in [0.05, 0.1) is 6.61 Å². The molecule has 0 aromatic heterocycles. The predicted octanol–water partition coefficient (Wildman–Crippen LogP) is -0.209. The molecule has 3 N–H and O–H groups in total. The van der Waals surface area contributed by atoms with Crippen LogP contribution in [-0.2, 0) is 14.3 Å². The summed E-state index contributed by atoms with van der Waals surface area (Å²) in [5.41, 5.74) is 4.74. The van der Waals surface area contributed by atoms with Crippen molar-refractivity contribution >= 4 is 12.1 Å². The minimum Gasteiger partial charge on any atom is -0.463 e. The number of hydrogen-bond donors (Lipinski definition) is 2. The standard InChI is InChI=1S/C9H16N2O4/c1-2-14-8(12)4-3-5-11-6-7-15-9(10)13/h3-4,11H,2,5-7H2,1H3,(H2,10,13)/b4-3+. The van der Waals surface area contributed by atoms with E-state index in [0.29, 0.717) is 19.7 Å². The Morgan fingerprint density at radius 3 is 2.73 bits per heavy atom. The van der Waals surface area contributed by atoms with E-state index in [1.54, 1.807) is 13.0 Å². The van der Waals surface area contributed by atoms with Crippen LogP contribution in [0.1, 0.15) is 6.92 Å². The zero-order valence-corrected chi connectivity index (χ0v) is 8.69. The van der Waals surface area contributed by atoms with Gasteiger partial charge in [-0.2, -0.15) is 0 Å². The number of rotatable bonds is 7. The van der Waals surface area contributed by atoms with E-state index in [0.717, 1.165) is 0 Å². The summed E-state index contributed by atoms with van der Waals surface area (Å²) in [6.45, 7) is 3.30. The molecule has 0 heterocycles. The van der Waals surface area contributed by atoms with Gasteiger partial charge in [-0.15, -0.1) is 0 Å².